The summed E-state index contributed by atoms with van der Waals surface area (Å²) in [6, 6.07) is 14.6. The maximum Gasteiger partial charge on any atom is 0.258 e. The molecule has 4 aromatic rings. The van der Waals surface area contributed by atoms with Crippen LogP contribution in [0.4, 0.5) is 0 Å². The number of carbonyl (C=O) groups is 1. The molecule has 1 aliphatic rings. The summed E-state index contributed by atoms with van der Waals surface area (Å²) in [6.45, 7) is 0.544. The third kappa shape index (κ3) is 3.09. The Morgan fingerprint density at radius 1 is 1.13 bits per heavy atom. The van der Waals surface area contributed by atoms with Gasteiger partial charge in [-0.15, -0.1) is 0 Å². The van der Waals surface area contributed by atoms with Crippen molar-refractivity contribution in [1.82, 2.24) is 19.4 Å². The van der Waals surface area contributed by atoms with Crippen LogP contribution >= 0.6 is 0 Å². The molecule has 7 nitrogen and oxygen atoms in total. The van der Waals surface area contributed by atoms with Crippen LogP contribution < -0.4 is 10.3 Å². The molecule has 0 saturated carbocycles. The van der Waals surface area contributed by atoms with Crippen LogP contribution in [0.2, 0.25) is 0 Å². The van der Waals surface area contributed by atoms with Crippen molar-refractivity contribution < 1.29 is 9.53 Å². The molecule has 5 rings (SSSR count). The highest BCUT2D eigenvalue weighted by Gasteiger charge is 2.35. The Kier molecular flexibility index (Phi) is 4.58. The number of benzene rings is 2. The highest BCUT2D eigenvalue weighted by Crippen LogP contribution is 2.35. The van der Waals surface area contributed by atoms with Gasteiger partial charge in [-0.2, -0.15) is 0 Å². The molecule has 1 aliphatic heterocycles. The van der Waals surface area contributed by atoms with E-state index in [2.05, 4.69) is 9.97 Å². The Hall–Kier alpha value is -3.87. The zero-order valence-electron chi connectivity index (χ0n) is 17.3. The van der Waals surface area contributed by atoms with Crippen LogP contribution in [0.25, 0.3) is 10.8 Å². The lowest BCUT2D eigenvalue weighted by Crippen LogP contribution is -2.41. The van der Waals surface area contributed by atoms with E-state index in [1.807, 2.05) is 47.4 Å². The van der Waals surface area contributed by atoms with Crippen molar-refractivity contribution >= 4 is 16.7 Å². The second kappa shape index (κ2) is 7.43. The first-order chi connectivity index (χ1) is 15.1. The highest BCUT2D eigenvalue weighted by molar-refractivity contribution is 6.06. The van der Waals surface area contributed by atoms with Crippen molar-refractivity contribution in [3.05, 3.63) is 93.9 Å². The van der Waals surface area contributed by atoms with Crippen LogP contribution in [0.1, 0.15) is 33.4 Å². The predicted octanol–water partition coefficient (Wildman–Crippen LogP) is 3.06. The highest BCUT2D eigenvalue weighted by atomic mass is 16.5. The van der Waals surface area contributed by atoms with E-state index < -0.39 is 0 Å². The number of pyridine rings is 1. The van der Waals surface area contributed by atoms with Crippen LogP contribution in [-0.4, -0.2) is 39.0 Å². The van der Waals surface area contributed by atoms with Gasteiger partial charge in [-0.25, -0.2) is 4.98 Å². The SMILES string of the molecule is COc1ccc(C2c3nc[nH]c3CCN2C(=O)c2cn(C)c(=O)c3ccccc23)cc1. The molecule has 156 valence electrons. The number of hydrogen-bond acceptors (Lipinski definition) is 4. The van der Waals surface area contributed by atoms with Crippen molar-refractivity contribution in [3.8, 4) is 5.75 Å². The number of methoxy groups -OCH3 is 1. The van der Waals surface area contributed by atoms with Crippen LogP contribution in [0.5, 0.6) is 5.75 Å². The Morgan fingerprint density at radius 2 is 1.87 bits per heavy atom. The van der Waals surface area contributed by atoms with E-state index in [4.69, 9.17) is 4.74 Å². The Bertz CT molecular complexity index is 1340. The smallest absolute Gasteiger partial charge is 0.258 e. The largest absolute Gasteiger partial charge is 0.497 e. The fourth-order valence-electron chi connectivity index (χ4n) is 4.36. The van der Waals surface area contributed by atoms with Crippen molar-refractivity contribution in [1.29, 1.82) is 0 Å². The third-order valence-corrected chi connectivity index (χ3v) is 5.94. The van der Waals surface area contributed by atoms with Gasteiger partial charge in [0.15, 0.2) is 0 Å². The number of aryl methyl sites for hydroxylation is 1. The number of aromatic amines is 1. The van der Waals surface area contributed by atoms with Gasteiger partial charge >= 0.3 is 0 Å². The van der Waals surface area contributed by atoms with Crippen LogP contribution in [0.3, 0.4) is 0 Å². The van der Waals surface area contributed by atoms with Gasteiger partial charge in [0.25, 0.3) is 11.5 Å². The quantitative estimate of drug-likeness (QED) is 0.559. The maximum absolute atomic E-state index is 13.9. The standard InChI is InChI=1S/C24H22N4O3/c1-27-13-19(17-5-3-4-6-18(17)23(27)29)24(30)28-12-11-20-21(26-14-25-20)22(28)15-7-9-16(31-2)10-8-15/h3-10,13-14,22H,11-12H2,1-2H3,(H,25,26). The molecule has 2 aromatic carbocycles. The summed E-state index contributed by atoms with van der Waals surface area (Å²) in [4.78, 5) is 36.0. The average molecular weight is 414 g/mol. The summed E-state index contributed by atoms with van der Waals surface area (Å²) in [5.74, 6) is 0.630. The van der Waals surface area contributed by atoms with Gasteiger partial charge in [-0.05, 0) is 23.8 Å². The van der Waals surface area contributed by atoms with Crippen molar-refractivity contribution in [3.63, 3.8) is 0 Å². The summed E-state index contributed by atoms with van der Waals surface area (Å²) >= 11 is 0. The number of ether oxygens (including phenoxy) is 1. The number of hydrogen-bond donors (Lipinski definition) is 1. The van der Waals surface area contributed by atoms with Gasteiger partial charge in [0, 0.05) is 42.7 Å². The van der Waals surface area contributed by atoms with Crippen molar-refractivity contribution in [2.75, 3.05) is 13.7 Å². The molecule has 1 amide bonds. The summed E-state index contributed by atoms with van der Waals surface area (Å²) in [5, 5.41) is 1.20. The Morgan fingerprint density at radius 3 is 2.61 bits per heavy atom. The molecule has 0 bridgehead atoms. The minimum Gasteiger partial charge on any atom is -0.497 e. The number of H-pyrrole nitrogens is 1. The summed E-state index contributed by atoms with van der Waals surface area (Å²) in [5.41, 5.74) is 3.23. The molecule has 1 unspecified atom stereocenters. The van der Waals surface area contributed by atoms with Gasteiger partial charge < -0.3 is 19.2 Å². The minimum absolute atomic E-state index is 0.118. The zero-order chi connectivity index (χ0) is 21.5. The van der Waals surface area contributed by atoms with E-state index in [1.165, 1.54) is 4.57 Å². The number of amides is 1. The molecule has 0 fully saturated rings. The fourth-order valence-corrected chi connectivity index (χ4v) is 4.36. The first-order valence-electron chi connectivity index (χ1n) is 10.1. The molecule has 0 aliphatic carbocycles. The first-order valence-corrected chi connectivity index (χ1v) is 10.1. The van der Waals surface area contributed by atoms with E-state index in [9.17, 15) is 9.59 Å². The van der Waals surface area contributed by atoms with Gasteiger partial charge in [0.1, 0.15) is 11.8 Å². The summed E-state index contributed by atoms with van der Waals surface area (Å²) < 4.78 is 6.77. The number of rotatable bonds is 3. The third-order valence-electron chi connectivity index (χ3n) is 5.94. The van der Waals surface area contributed by atoms with E-state index in [1.54, 1.807) is 32.7 Å². The molecular weight excluding hydrogens is 392 g/mol. The Labute approximate surface area is 178 Å². The van der Waals surface area contributed by atoms with E-state index in [0.717, 1.165) is 22.7 Å². The van der Waals surface area contributed by atoms with Crippen LogP contribution in [-0.2, 0) is 13.5 Å². The Balaban J connectivity index is 1.65. The van der Waals surface area contributed by atoms with E-state index in [0.29, 0.717) is 29.3 Å². The van der Waals surface area contributed by atoms with Gasteiger partial charge in [0.05, 0.1) is 24.7 Å². The van der Waals surface area contributed by atoms with E-state index in [-0.39, 0.29) is 17.5 Å². The van der Waals surface area contributed by atoms with Gasteiger partial charge in [-0.3, -0.25) is 9.59 Å². The molecule has 1 atom stereocenters. The predicted molar refractivity (Wildman–Crippen MR) is 117 cm³/mol. The van der Waals surface area contributed by atoms with Crippen molar-refractivity contribution in [2.24, 2.45) is 7.05 Å². The fraction of sp³-hybridized carbons (Fsp3) is 0.208. The summed E-state index contributed by atoms with van der Waals surface area (Å²) in [7, 11) is 3.30. The van der Waals surface area contributed by atoms with Gasteiger partial charge in [0.2, 0.25) is 0 Å². The number of nitrogens with zero attached hydrogens (tertiary/aromatic N) is 3. The second-order valence-electron chi connectivity index (χ2n) is 7.69. The zero-order valence-corrected chi connectivity index (χ0v) is 17.3. The molecule has 31 heavy (non-hydrogen) atoms. The molecular formula is C24H22N4O3. The number of aromatic nitrogens is 3. The van der Waals surface area contributed by atoms with Gasteiger partial charge in [-0.1, -0.05) is 30.3 Å². The molecule has 1 N–H and O–H groups in total. The number of imidazole rings is 1. The van der Waals surface area contributed by atoms with Crippen LogP contribution in [0.15, 0.2) is 65.8 Å². The molecule has 3 heterocycles. The molecule has 0 saturated heterocycles. The lowest BCUT2D eigenvalue weighted by Gasteiger charge is -2.35. The van der Waals surface area contributed by atoms with Crippen LogP contribution in [0, 0.1) is 0 Å². The normalized spacial score (nSPS) is 15.7. The average Bonchev–Trinajstić information content (AvgIpc) is 3.29. The molecule has 7 heteroatoms. The lowest BCUT2D eigenvalue weighted by molar-refractivity contribution is 0.0692. The minimum atomic E-state index is -0.329. The van der Waals surface area contributed by atoms with Crippen molar-refractivity contribution in [2.45, 2.75) is 12.5 Å². The molecule has 0 spiro atoms. The topological polar surface area (TPSA) is 80.2 Å². The molecule has 2 aromatic heterocycles. The number of nitrogens with one attached hydrogen (secondary N) is 1. The lowest BCUT2D eigenvalue weighted by atomic mass is 9.94. The number of fused-ring (bicyclic) bond motifs is 2. The second-order valence-corrected chi connectivity index (χ2v) is 7.69. The maximum atomic E-state index is 13.9. The molecule has 0 radical (unpaired) electrons. The summed E-state index contributed by atoms with van der Waals surface area (Å²) in [6.07, 6.45) is 4.01. The number of carbonyl (C=O) groups excluding carboxylic acids is 1. The van der Waals surface area contributed by atoms with E-state index >= 15 is 0 Å². The monoisotopic (exact) mass is 414 g/mol. The first kappa shape index (κ1) is 19.1.